The topological polar surface area (TPSA) is 38.9 Å². The van der Waals surface area contributed by atoms with E-state index in [0.29, 0.717) is 5.25 Å². The van der Waals surface area contributed by atoms with Crippen molar-refractivity contribution in [3.05, 3.63) is 17.1 Å². The molecule has 0 saturated heterocycles. The van der Waals surface area contributed by atoms with Gasteiger partial charge >= 0.3 is 0 Å². The molecule has 0 aliphatic rings. The van der Waals surface area contributed by atoms with Crippen LogP contribution in [0.4, 0.5) is 5.69 Å². The van der Waals surface area contributed by atoms with E-state index in [0.717, 1.165) is 21.1 Å². The number of nitrogens with zero attached hydrogens (tertiary/aromatic N) is 1. The summed E-state index contributed by atoms with van der Waals surface area (Å²) in [6.07, 6.45) is 0. The van der Waals surface area contributed by atoms with Crippen LogP contribution in [0.5, 0.6) is 0 Å². The van der Waals surface area contributed by atoms with Crippen molar-refractivity contribution in [2.75, 3.05) is 5.73 Å². The van der Waals surface area contributed by atoms with Crippen molar-refractivity contribution in [3.8, 4) is 0 Å². The van der Waals surface area contributed by atoms with Crippen LogP contribution in [0.1, 0.15) is 18.9 Å². The Kier molecular flexibility index (Phi) is 2.89. The number of thiazole rings is 1. The minimum Gasteiger partial charge on any atom is -0.398 e. The number of fused-ring (bicyclic) bond motifs is 1. The van der Waals surface area contributed by atoms with Crippen LogP contribution in [0.25, 0.3) is 10.2 Å². The summed E-state index contributed by atoms with van der Waals surface area (Å²) in [6.45, 7) is 6.36. The van der Waals surface area contributed by atoms with Gasteiger partial charge in [-0.05, 0) is 19.1 Å². The van der Waals surface area contributed by atoms with Crippen LogP contribution in [0, 0.1) is 6.92 Å². The second-order valence-electron chi connectivity index (χ2n) is 3.76. The molecule has 2 rings (SSSR count). The highest BCUT2D eigenvalue weighted by atomic mass is 32.2. The van der Waals surface area contributed by atoms with E-state index in [1.807, 2.05) is 13.0 Å². The fraction of sp³-hybridized carbons (Fsp3) is 0.364. The molecular formula is C11H14N2S2. The van der Waals surface area contributed by atoms with E-state index in [4.69, 9.17) is 5.73 Å². The Morgan fingerprint density at radius 1 is 1.40 bits per heavy atom. The van der Waals surface area contributed by atoms with E-state index in [-0.39, 0.29) is 0 Å². The van der Waals surface area contributed by atoms with Crippen molar-refractivity contribution in [2.24, 2.45) is 0 Å². The Morgan fingerprint density at radius 3 is 2.80 bits per heavy atom. The van der Waals surface area contributed by atoms with Gasteiger partial charge in [-0.3, -0.25) is 0 Å². The fourth-order valence-electron chi connectivity index (χ4n) is 1.44. The van der Waals surface area contributed by atoms with Crippen molar-refractivity contribution >= 4 is 39.0 Å². The molecule has 2 nitrogen and oxygen atoms in total. The van der Waals surface area contributed by atoms with Crippen LogP contribution in [0.15, 0.2) is 17.0 Å². The molecule has 0 fully saturated rings. The first-order valence-corrected chi connectivity index (χ1v) is 6.59. The number of aromatic nitrogens is 1. The number of thioether (sulfide) groups is 1. The molecular weight excluding hydrogens is 224 g/mol. The van der Waals surface area contributed by atoms with Gasteiger partial charge in [0.25, 0.3) is 0 Å². The minimum absolute atomic E-state index is 0.546. The van der Waals surface area contributed by atoms with Crippen LogP contribution in [-0.2, 0) is 0 Å². The molecule has 0 radical (unpaired) electrons. The van der Waals surface area contributed by atoms with Gasteiger partial charge in [-0.1, -0.05) is 13.8 Å². The van der Waals surface area contributed by atoms with Gasteiger partial charge < -0.3 is 5.73 Å². The number of hydrogen-bond donors (Lipinski definition) is 1. The van der Waals surface area contributed by atoms with Crippen molar-refractivity contribution in [1.29, 1.82) is 0 Å². The first kappa shape index (κ1) is 10.8. The van der Waals surface area contributed by atoms with Crippen molar-refractivity contribution in [1.82, 2.24) is 4.98 Å². The van der Waals surface area contributed by atoms with Crippen LogP contribution in [0.2, 0.25) is 0 Å². The average Bonchev–Trinajstić information content (AvgIpc) is 2.44. The van der Waals surface area contributed by atoms with Crippen LogP contribution in [-0.4, -0.2) is 10.2 Å². The second kappa shape index (κ2) is 4.02. The Labute approximate surface area is 97.9 Å². The van der Waals surface area contributed by atoms with E-state index < -0.39 is 0 Å². The summed E-state index contributed by atoms with van der Waals surface area (Å²) in [5.74, 6) is 0. The molecule has 1 aromatic carbocycles. The van der Waals surface area contributed by atoms with Crippen molar-refractivity contribution in [3.63, 3.8) is 0 Å². The van der Waals surface area contributed by atoms with E-state index in [1.54, 1.807) is 23.1 Å². The molecule has 0 atom stereocenters. The van der Waals surface area contributed by atoms with Gasteiger partial charge in [-0.2, -0.15) is 0 Å². The maximum atomic E-state index is 6.00. The van der Waals surface area contributed by atoms with Crippen molar-refractivity contribution in [2.45, 2.75) is 30.9 Å². The summed E-state index contributed by atoms with van der Waals surface area (Å²) >= 11 is 3.48. The normalized spacial score (nSPS) is 11.5. The van der Waals surface area contributed by atoms with Gasteiger partial charge in [0.05, 0.1) is 15.2 Å². The molecule has 4 heteroatoms. The molecule has 0 amide bonds. The lowest BCUT2D eigenvalue weighted by molar-refractivity contribution is 1.11. The summed E-state index contributed by atoms with van der Waals surface area (Å²) < 4.78 is 1.18. The summed E-state index contributed by atoms with van der Waals surface area (Å²) in [5, 5.41) is 1.64. The quantitative estimate of drug-likeness (QED) is 0.640. The molecule has 2 aromatic rings. The highest BCUT2D eigenvalue weighted by molar-refractivity contribution is 8.00. The number of nitrogen functional groups attached to an aromatic ring is 1. The number of rotatable bonds is 2. The summed E-state index contributed by atoms with van der Waals surface area (Å²) in [7, 11) is 0. The average molecular weight is 238 g/mol. The highest BCUT2D eigenvalue weighted by Crippen LogP contribution is 2.34. The largest absolute Gasteiger partial charge is 0.398 e. The predicted octanol–water partition coefficient (Wildman–Crippen LogP) is 3.69. The smallest absolute Gasteiger partial charge is 0.0907 e. The number of benzene rings is 1. The highest BCUT2D eigenvalue weighted by Gasteiger charge is 2.07. The van der Waals surface area contributed by atoms with Gasteiger partial charge in [0.1, 0.15) is 0 Å². The molecule has 1 heterocycles. The SMILES string of the molecule is Cc1nc2cc(SC(C)C)c(N)cc2s1. The van der Waals surface area contributed by atoms with Crippen LogP contribution < -0.4 is 5.73 Å². The standard InChI is InChI=1S/C11H14N2S2/c1-6(2)14-10-5-9-11(4-8(10)12)15-7(3)13-9/h4-6H,12H2,1-3H3. The number of aryl methyl sites for hydroxylation is 1. The van der Waals surface area contributed by atoms with E-state index in [2.05, 4.69) is 24.9 Å². The Morgan fingerprint density at radius 2 is 2.13 bits per heavy atom. The molecule has 0 aliphatic heterocycles. The summed E-state index contributed by atoms with van der Waals surface area (Å²) in [5.41, 5.74) is 7.93. The van der Waals surface area contributed by atoms with Crippen LogP contribution >= 0.6 is 23.1 Å². The van der Waals surface area contributed by atoms with E-state index in [9.17, 15) is 0 Å². The molecule has 0 saturated carbocycles. The Balaban J connectivity index is 2.51. The van der Waals surface area contributed by atoms with Gasteiger partial charge in [-0.15, -0.1) is 23.1 Å². The van der Waals surface area contributed by atoms with E-state index in [1.165, 1.54) is 4.70 Å². The predicted molar refractivity (Wildman–Crippen MR) is 69.8 cm³/mol. The third-order valence-electron chi connectivity index (χ3n) is 1.99. The third kappa shape index (κ3) is 2.26. The maximum Gasteiger partial charge on any atom is 0.0907 e. The molecule has 0 bridgehead atoms. The van der Waals surface area contributed by atoms with Gasteiger partial charge in [0.2, 0.25) is 0 Å². The second-order valence-corrected chi connectivity index (χ2v) is 6.61. The van der Waals surface area contributed by atoms with E-state index >= 15 is 0 Å². The fourth-order valence-corrected chi connectivity index (χ4v) is 3.18. The molecule has 0 spiro atoms. The number of hydrogen-bond acceptors (Lipinski definition) is 4. The number of anilines is 1. The molecule has 15 heavy (non-hydrogen) atoms. The lowest BCUT2D eigenvalue weighted by Crippen LogP contribution is -1.92. The van der Waals surface area contributed by atoms with Gasteiger partial charge in [0, 0.05) is 15.8 Å². The zero-order valence-corrected chi connectivity index (χ0v) is 10.7. The molecule has 0 unspecified atom stereocenters. The molecule has 0 aliphatic carbocycles. The maximum absolute atomic E-state index is 6.00. The molecule has 2 N–H and O–H groups in total. The lowest BCUT2D eigenvalue weighted by atomic mass is 10.3. The third-order valence-corrected chi connectivity index (χ3v) is 4.00. The first-order chi connectivity index (χ1) is 7.06. The Bertz CT molecular complexity index is 489. The lowest BCUT2D eigenvalue weighted by Gasteiger charge is -2.07. The van der Waals surface area contributed by atoms with Crippen LogP contribution in [0.3, 0.4) is 0 Å². The minimum atomic E-state index is 0.546. The summed E-state index contributed by atoms with van der Waals surface area (Å²) in [6, 6.07) is 4.13. The monoisotopic (exact) mass is 238 g/mol. The zero-order chi connectivity index (χ0) is 11.0. The molecule has 1 aromatic heterocycles. The van der Waals surface area contributed by atoms with Gasteiger partial charge in [0.15, 0.2) is 0 Å². The van der Waals surface area contributed by atoms with Crippen molar-refractivity contribution < 1.29 is 0 Å². The van der Waals surface area contributed by atoms with Gasteiger partial charge in [-0.25, -0.2) is 4.98 Å². The number of nitrogens with two attached hydrogens (primary N) is 1. The summed E-state index contributed by atoms with van der Waals surface area (Å²) in [4.78, 5) is 5.61. The molecule has 80 valence electrons. The first-order valence-electron chi connectivity index (χ1n) is 4.89. The Hall–Kier alpha value is -0.740. The zero-order valence-electron chi connectivity index (χ0n) is 9.07.